The average molecular weight is 388 g/mol. The smallest absolute Gasteiger partial charge is 0.275 e. The molecule has 1 aromatic heterocycles. The fourth-order valence-corrected chi connectivity index (χ4v) is 3.96. The van der Waals surface area contributed by atoms with Crippen LogP contribution in [0.2, 0.25) is 0 Å². The maximum absolute atomic E-state index is 12.6. The van der Waals surface area contributed by atoms with Crippen molar-refractivity contribution in [3.8, 4) is 0 Å². The maximum atomic E-state index is 12.6. The minimum absolute atomic E-state index is 0.0491. The van der Waals surface area contributed by atoms with E-state index in [4.69, 9.17) is 4.74 Å². The average Bonchev–Trinajstić information content (AvgIpc) is 2.68. The van der Waals surface area contributed by atoms with Crippen LogP contribution in [0.15, 0.2) is 29.1 Å². The third-order valence-electron chi connectivity index (χ3n) is 5.61. The second-order valence-electron chi connectivity index (χ2n) is 7.81. The summed E-state index contributed by atoms with van der Waals surface area (Å²) in [6, 6.07) is 7.56. The molecule has 0 saturated heterocycles. The molecule has 152 valence electrons. The fourth-order valence-electron chi connectivity index (χ4n) is 3.96. The van der Waals surface area contributed by atoms with E-state index in [1.54, 1.807) is 13.2 Å². The highest BCUT2D eigenvalue weighted by Crippen LogP contribution is 2.23. The van der Waals surface area contributed by atoms with Crippen molar-refractivity contribution in [3.63, 3.8) is 0 Å². The van der Waals surface area contributed by atoms with Gasteiger partial charge in [-0.3, -0.25) is 9.59 Å². The van der Waals surface area contributed by atoms with E-state index in [0.29, 0.717) is 48.9 Å². The van der Waals surface area contributed by atoms with Gasteiger partial charge in [-0.15, -0.1) is 0 Å². The number of H-pyrrole nitrogens is 1. The number of nitrogens with zero attached hydrogens (tertiary/aromatic N) is 1. The first-order valence-electron chi connectivity index (χ1n) is 10.2. The van der Waals surface area contributed by atoms with Crippen molar-refractivity contribution in [1.29, 1.82) is 0 Å². The first kappa shape index (κ1) is 20.5. The summed E-state index contributed by atoms with van der Waals surface area (Å²) in [5, 5.41) is 3.79. The van der Waals surface area contributed by atoms with Crippen LogP contribution < -0.4 is 15.8 Å². The quantitative estimate of drug-likeness (QED) is 0.621. The Bertz CT molecular complexity index is 851. The number of ether oxygens (including phenoxy) is 1. The normalized spacial score (nSPS) is 20.8. The third-order valence-corrected chi connectivity index (χ3v) is 5.61. The Hall–Kier alpha value is -2.25. The molecular formula is C21H31N4O3+. The number of para-hydroxylation sites is 1. The maximum Gasteiger partial charge on any atom is 0.275 e. The SMILES string of the molecule is COCC[NH+](CC(=O)N[C@@H]1CCCC[C@@H]1C)Cc1nc2ccccc2c(=O)[nH]1. The van der Waals surface area contributed by atoms with Gasteiger partial charge in [-0.2, -0.15) is 0 Å². The number of fused-ring (bicyclic) bond motifs is 1. The van der Waals surface area contributed by atoms with Crippen molar-refractivity contribution >= 4 is 16.8 Å². The van der Waals surface area contributed by atoms with Crippen LogP contribution in [0.4, 0.5) is 0 Å². The number of rotatable bonds is 8. The lowest BCUT2D eigenvalue weighted by Gasteiger charge is -2.30. The van der Waals surface area contributed by atoms with Crippen LogP contribution in [0.25, 0.3) is 10.9 Å². The molecule has 28 heavy (non-hydrogen) atoms. The molecule has 3 N–H and O–H groups in total. The largest absolute Gasteiger partial charge is 0.379 e. The standard InChI is InChI=1S/C21H30N4O3/c1-15-7-3-5-9-17(15)23-20(26)14-25(11-12-28-2)13-19-22-18-10-6-4-8-16(18)21(27)24-19/h4,6,8,10,15,17H,3,5,7,9,11-14H2,1-2H3,(H,23,26)(H,22,24,27)/p+1/t15-,17+/m0/s1. The zero-order chi connectivity index (χ0) is 19.9. The molecular weight excluding hydrogens is 356 g/mol. The van der Waals surface area contributed by atoms with Crippen molar-refractivity contribution in [2.24, 2.45) is 5.92 Å². The van der Waals surface area contributed by atoms with Crippen molar-refractivity contribution in [2.75, 3.05) is 26.8 Å². The van der Waals surface area contributed by atoms with Gasteiger partial charge in [0.25, 0.3) is 11.5 Å². The Morgan fingerprint density at radius 2 is 2.11 bits per heavy atom. The summed E-state index contributed by atoms with van der Waals surface area (Å²) in [7, 11) is 1.65. The van der Waals surface area contributed by atoms with E-state index >= 15 is 0 Å². The highest BCUT2D eigenvalue weighted by atomic mass is 16.5. The van der Waals surface area contributed by atoms with Crippen LogP contribution in [-0.4, -0.2) is 48.7 Å². The summed E-state index contributed by atoms with van der Waals surface area (Å²) < 4.78 is 5.21. The molecule has 1 amide bonds. The molecule has 1 aliphatic carbocycles. The van der Waals surface area contributed by atoms with Gasteiger partial charge in [0.15, 0.2) is 12.4 Å². The van der Waals surface area contributed by atoms with E-state index in [9.17, 15) is 9.59 Å². The van der Waals surface area contributed by atoms with Crippen LogP contribution in [-0.2, 0) is 16.1 Å². The second kappa shape index (κ2) is 9.80. The predicted octanol–water partition coefficient (Wildman–Crippen LogP) is 0.649. The number of carbonyl (C=O) groups is 1. The molecule has 0 bridgehead atoms. The molecule has 1 aliphatic rings. The summed E-state index contributed by atoms with van der Waals surface area (Å²) >= 11 is 0. The molecule has 1 unspecified atom stereocenters. The first-order chi connectivity index (χ1) is 13.6. The monoisotopic (exact) mass is 387 g/mol. The summed E-state index contributed by atoms with van der Waals surface area (Å²) in [6.07, 6.45) is 4.66. The molecule has 3 rings (SSSR count). The zero-order valence-corrected chi connectivity index (χ0v) is 16.8. The number of nitrogens with one attached hydrogen (secondary N) is 3. The number of quaternary nitrogens is 1. The number of benzene rings is 1. The van der Waals surface area contributed by atoms with Gasteiger partial charge in [-0.1, -0.05) is 31.9 Å². The van der Waals surface area contributed by atoms with E-state index in [0.717, 1.165) is 11.3 Å². The highest BCUT2D eigenvalue weighted by Gasteiger charge is 2.25. The number of aromatic nitrogens is 2. The first-order valence-corrected chi connectivity index (χ1v) is 10.2. The fraction of sp³-hybridized carbons (Fsp3) is 0.571. The Morgan fingerprint density at radius 3 is 2.89 bits per heavy atom. The van der Waals surface area contributed by atoms with Crippen LogP contribution in [0.5, 0.6) is 0 Å². The van der Waals surface area contributed by atoms with Crippen molar-refractivity contribution in [3.05, 3.63) is 40.4 Å². The van der Waals surface area contributed by atoms with E-state index < -0.39 is 0 Å². The Labute approximate surface area is 165 Å². The van der Waals surface area contributed by atoms with Crippen molar-refractivity contribution in [1.82, 2.24) is 15.3 Å². The van der Waals surface area contributed by atoms with Crippen LogP contribution in [0.3, 0.4) is 0 Å². The molecule has 7 nitrogen and oxygen atoms in total. The minimum atomic E-state index is -0.146. The molecule has 3 atom stereocenters. The molecule has 1 heterocycles. The number of carbonyl (C=O) groups excluding carboxylic acids is 1. The summed E-state index contributed by atoms with van der Waals surface area (Å²) in [4.78, 5) is 33.4. The molecule has 1 aromatic carbocycles. The number of hydrogen-bond donors (Lipinski definition) is 3. The van der Waals surface area contributed by atoms with E-state index in [-0.39, 0.29) is 17.5 Å². The van der Waals surface area contributed by atoms with Crippen LogP contribution >= 0.6 is 0 Å². The van der Waals surface area contributed by atoms with Crippen molar-refractivity contribution < 1.29 is 14.4 Å². The lowest BCUT2D eigenvalue weighted by atomic mass is 9.86. The number of hydrogen-bond acceptors (Lipinski definition) is 4. The predicted molar refractivity (Wildman–Crippen MR) is 108 cm³/mol. The highest BCUT2D eigenvalue weighted by molar-refractivity contribution is 5.77. The van der Waals surface area contributed by atoms with E-state index in [1.165, 1.54) is 19.3 Å². The third kappa shape index (κ3) is 5.39. The van der Waals surface area contributed by atoms with Gasteiger partial charge in [-0.05, 0) is 30.9 Å². The van der Waals surface area contributed by atoms with E-state index in [2.05, 4.69) is 22.2 Å². The van der Waals surface area contributed by atoms with Gasteiger partial charge in [0.2, 0.25) is 0 Å². The molecule has 1 fully saturated rings. The van der Waals surface area contributed by atoms with Gasteiger partial charge < -0.3 is 19.9 Å². The van der Waals surface area contributed by atoms with Crippen molar-refractivity contribution in [2.45, 2.75) is 45.2 Å². The summed E-state index contributed by atoms with van der Waals surface area (Å²) in [5.41, 5.74) is 0.528. The van der Waals surface area contributed by atoms with Gasteiger partial charge in [0.1, 0.15) is 13.1 Å². The molecule has 0 radical (unpaired) electrons. The summed E-state index contributed by atoms with van der Waals surface area (Å²) in [6.45, 7) is 4.23. The van der Waals surface area contributed by atoms with Gasteiger partial charge >= 0.3 is 0 Å². The molecule has 2 aromatic rings. The molecule has 0 aliphatic heterocycles. The number of methoxy groups -OCH3 is 1. The zero-order valence-electron chi connectivity index (χ0n) is 16.8. The number of aromatic amines is 1. The minimum Gasteiger partial charge on any atom is -0.379 e. The second-order valence-corrected chi connectivity index (χ2v) is 7.81. The van der Waals surface area contributed by atoms with Crippen LogP contribution in [0.1, 0.15) is 38.4 Å². The van der Waals surface area contributed by atoms with Crippen LogP contribution in [0, 0.1) is 5.92 Å². The molecule has 1 saturated carbocycles. The number of amides is 1. The lowest BCUT2D eigenvalue weighted by molar-refractivity contribution is -0.906. The lowest BCUT2D eigenvalue weighted by Crippen LogP contribution is -3.12. The summed E-state index contributed by atoms with van der Waals surface area (Å²) in [5.74, 6) is 1.17. The molecule has 0 spiro atoms. The van der Waals surface area contributed by atoms with Gasteiger partial charge in [0, 0.05) is 13.2 Å². The van der Waals surface area contributed by atoms with Gasteiger partial charge in [-0.25, -0.2) is 4.98 Å². The Morgan fingerprint density at radius 1 is 1.32 bits per heavy atom. The van der Waals surface area contributed by atoms with E-state index in [1.807, 2.05) is 18.2 Å². The topological polar surface area (TPSA) is 88.5 Å². The van der Waals surface area contributed by atoms with Gasteiger partial charge in [0.05, 0.1) is 17.5 Å². The Kier molecular flexibility index (Phi) is 7.17. The molecule has 7 heteroatoms. The Balaban J connectivity index is 1.68.